The van der Waals surface area contributed by atoms with Gasteiger partial charge in [0, 0.05) is 5.69 Å². The molecule has 0 saturated carbocycles. The Labute approximate surface area is 189 Å². The number of imide groups is 1. The van der Waals surface area contributed by atoms with E-state index < -0.39 is 23.7 Å². The topological polar surface area (TPSA) is 102 Å². The van der Waals surface area contributed by atoms with Gasteiger partial charge in [0.2, 0.25) is 0 Å². The van der Waals surface area contributed by atoms with Gasteiger partial charge >= 0.3 is 5.97 Å². The van der Waals surface area contributed by atoms with Gasteiger partial charge in [0.1, 0.15) is 12.3 Å². The molecule has 0 spiro atoms. The molecular weight excluding hydrogens is 432 g/mol. The lowest BCUT2D eigenvalue weighted by Crippen LogP contribution is -2.34. The monoisotopic (exact) mass is 454 g/mol. The highest BCUT2D eigenvalue weighted by Gasteiger charge is 2.36. The number of carbonyl (C=O) groups excluding carboxylic acids is 4. The molecule has 2 aromatic carbocycles. The zero-order chi connectivity index (χ0) is 23.3. The van der Waals surface area contributed by atoms with E-state index in [0.29, 0.717) is 17.0 Å². The summed E-state index contributed by atoms with van der Waals surface area (Å²) in [7, 11) is 1.19. The van der Waals surface area contributed by atoms with Crippen LogP contribution in [0.4, 0.5) is 10.5 Å². The molecule has 3 amide bonds. The van der Waals surface area contributed by atoms with Crippen LogP contribution in [0.1, 0.15) is 16.7 Å². The second-order valence-corrected chi connectivity index (χ2v) is 8.04. The minimum absolute atomic E-state index is 0.154. The number of esters is 1. The number of nitrogens with zero attached hydrogens (tertiary/aromatic N) is 1. The standard InChI is InChI=1S/C23H22N2O6S/c1-14-4-7-17(10-15(14)2)24-20(26)13-31-18-8-5-16(6-9-18)11-19-22(28)25(23(29)32-19)12-21(27)30-3/h4-11H,12-13H2,1-3H3,(H,24,26)/b19-11-. The number of nitrogens with one attached hydrogen (secondary N) is 1. The number of benzene rings is 2. The summed E-state index contributed by atoms with van der Waals surface area (Å²) >= 11 is 0.757. The fraction of sp³-hybridized carbons (Fsp3) is 0.217. The molecule has 166 valence electrons. The Hall–Kier alpha value is -3.59. The molecule has 9 heteroatoms. The maximum Gasteiger partial charge on any atom is 0.325 e. The van der Waals surface area contributed by atoms with Gasteiger partial charge in [-0.2, -0.15) is 0 Å². The van der Waals surface area contributed by atoms with Crippen molar-refractivity contribution in [3.8, 4) is 5.75 Å². The molecule has 0 aliphatic carbocycles. The number of thioether (sulfide) groups is 1. The summed E-state index contributed by atoms with van der Waals surface area (Å²) in [6.45, 7) is 3.40. The van der Waals surface area contributed by atoms with Gasteiger partial charge in [-0.25, -0.2) is 0 Å². The van der Waals surface area contributed by atoms with Crippen LogP contribution in [-0.2, 0) is 19.1 Å². The SMILES string of the molecule is COC(=O)CN1C(=O)S/C(=C\c2ccc(OCC(=O)Nc3ccc(C)c(C)c3)cc2)C1=O. The minimum Gasteiger partial charge on any atom is -0.484 e. The van der Waals surface area contributed by atoms with Gasteiger partial charge in [-0.1, -0.05) is 18.2 Å². The molecule has 0 unspecified atom stereocenters. The summed E-state index contributed by atoms with van der Waals surface area (Å²) in [6.07, 6.45) is 1.55. The van der Waals surface area contributed by atoms with Gasteiger partial charge in [-0.3, -0.25) is 24.1 Å². The Morgan fingerprint density at radius 1 is 1.06 bits per heavy atom. The summed E-state index contributed by atoms with van der Waals surface area (Å²) in [4.78, 5) is 48.8. The summed E-state index contributed by atoms with van der Waals surface area (Å²) < 4.78 is 10.0. The lowest BCUT2D eigenvalue weighted by Gasteiger charge is -2.10. The number of carbonyl (C=O) groups is 4. The average molecular weight is 455 g/mol. The second kappa shape index (κ2) is 10.1. The Morgan fingerprint density at radius 3 is 2.44 bits per heavy atom. The highest BCUT2D eigenvalue weighted by Crippen LogP contribution is 2.32. The van der Waals surface area contributed by atoms with Crippen molar-refractivity contribution in [2.75, 3.05) is 25.6 Å². The van der Waals surface area contributed by atoms with Crippen molar-refractivity contribution < 1.29 is 28.7 Å². The average Bonchev–Trinajstić information content (AvgIpc) is 3.03. The molecule has 0 aromatic heterocycles. The molecule has 8 nitrogen and oxygen atoms in total. The van der Waals surface area contributed by atoms with Crippen LogP contribution in [-0.4, -0.2) is 48.2 Å². The first-order valence-electron chi connectivity index (χ1n) is 9.69. The fourth-order valence-electron chi connectivity index (χ4n) is 2.81. The van der Waals surface area contributed by atoms with E-state index in [9.17, 15) is 19.2 Å². The summed E-state index contributed by atoms with van der Waals surface area (Å²) in [5.74, 6) is -1.02. The highest BCUT2D eigenvalue weighted by molar-refractivity contribution is 8.18. The maximum atomic E-state index is 12.3. The van der Waals surface area contributed by atoms with E-state index in [1.165, 1.54) is 7.11 Å². The van der Waals surface area contributed by atoms with Crippen LogP contribution in [0, 0.1) is 13.8 Å². The molecule has 0 radical (unpaired) electrons. The van der Waals surface area contributed by atoms with Crippen molar-refractivity contribution in [2.24, 2.45) is 0 Å². The first kappa shape index (κ1) is 23.1. The van der Waals surface area contributed by atoms with E-state index in [1.807, 2.05) is 32.0 Å². The first-order valence-corrected chi connectivity index (χ1v) is 10.5. The van der Waals surface area contributed by atoms with E-state index in [4.69, 9.17) is 4.74 Å². The lowest BCUT2D eigenvalue weighted by atomic mass is 10.1. The molecule has 1 fully saturated rings. The van der Waals surface area contributed by atoms with Crippen LogP contribution in [0.2, 0.25) is 0 Å². The number of aryl methyl sites for hydroxylation is 2. The van der Waals surface area contributed by atoms with Crippen molar-refractivity contribution in [3.05, 3.63) is 64.1 Å². The smallest absolute Gasteiger partial charge is 0.325 e. The largest absolute Gasteiger partial charge is 0.484 e. The lowest BCUT2D eigenvalue weighted by molar-refractivity contribution is -0.143. The van der Waals surface area contributed by atoms with Gasteiger partial charge in [0.15, 0.2) is 6.61 Å². The van der Waals surface area contributed by atoms with Gasteiger partial charge in [-0.15, -0.1) is 0 Å². The van der Waals surface area contributed by atoms with Gasteiger partial charge in [0.25, 0.3) is 17.1 Å². The predicted octanol–water partition coefficient (Wildman–Crippen LogP) is 3.53. The second-order valence-electron chi connectivity index (χ2n) is 7.05. The number of ether oxygens (including phenoxy) is 2. The molecule has 1 aliphatic heterocycles. The molecular formula is C23H22N2O6S. The Kier molecular flexibility index (Phi) is 7.32. The third kappa shape index (κ3) is 5.76. The van der Waals surface area contributed by atoms with E-state index in [1.54, 1.807) is 30.3 Å². The molecule has 2 aromatic rings. The first-order chi connectivity index (χ1) is 15.3. The van der Waals surface area contributed by atoms with Gasteiger partial charge < -0.3 is 14.8 Å². The number of amides is 3. The Balaban J connectivity index is 1.56. The summed E-state index contributed by atoms with van der Waals surface area (Å²) in [6, 6.07) is 12.4. The highest BCUT2D eigenvalue weighted by atomic mass is 32.2. The molecule has 1 heterocycles. The molecule has 32 heavy (non-hydrogen) atoms. The van der Waals surface area contributed by atoms with Crippen LogP contribution in [0.3, 0.4) is 0 Å². The molecule has 1 aliphatic rings. The number of methoxy groups -OCH3 is 1. The Bertz CT molecular complexity index is 1090. The minimum atomic E-state index is -0.670. The normalized spacial score (nSPS) is 14.6. The Morgan fingerprint density at radius 2 is 1.78 bits per heavy atom. The summed E-state index contributed by atoms with van der Waals surface area (Å²) in [5, 5.41) is 2.26. The van der Waals surface area contributed by atoms with Crippen LogP contribution >= 0.6 is 11.8 Å². The third-order valence-electron chi connectivity index (χ3n) is 4.73. The molecule has 3 rings (SSSR count). The quantitative estimate of drug-likeness (QED) is 0.504. The van der Waals surface area contributed by atoms with E-state index in [0.717, 1.165) is 27.8 Å². The van der Waals surface area contributed by atoms with Gasteiger partial charge in [-0.05, 0) is 72.6 Å². The van der Waals surface area contributed by atoms with Crippen LogP contribution in [0.15, 0.2) is 47.4 Å². The van der Waals surface area contributed by atoms with E-state index >= 15 is 0 Å². The van der Waals surface area contributed by atoms with Crippen molar-refractivity contribution in [2.45, 2.75) is 13.8 Å². The van der Waals surface area contributed by atoms with Crippen molar-refractivity contribution in [1.29, 1.82) is 0 Å². The predicted molar refractivity (Wildman–Crippen MR) is 121 cm³/mol. The van der Waals surface area contributed by atoms with E-state index in [2.05, 4.69) is 10.1 Å². The molecule has 0 atom stereocenters. The van der Waals surface area contributed by atoms with Crippen molar-refractivity contribution in [1.82, 2.24) is 4.90 Å². The molecule has 0 bridgehead atoms. The number of hydrogen-bond acceptors (Lipinski definition) is 7. The summed E-state index contributed by atoms with van der Waals surface area (Å²) in [5.41, 5.74) is 3.61. The number of anilines is 1. The zero-order valence-electron chi connectivity index (χ0n) is 17.8. The third-order valence-corrected chi connectivity index (χ3v) is 5.63. The van der Waals surface area contributed by atoms with Crippen molar-refractivity contribution >= 4 is 46.5 Å². The maximum absolute atomic E-state index is 12.3. The molecule has 1 saturated heterocycles. The van der Waals surface area contributed by atoms with E-state index in [-0.39, 0.29) is 17.4 Å². The van der Waals surface area contributed by atoms with Crippen LogP contribution in [0.25, 0.3) is 6.08 Å². The zero-order valence-corrected chi connectivity index (χ0v) is 18.7. The molecule has 1 N–H and O–H groups in total. The van der Waals surface area contributed by atoms with Crippen molar-refractivity contribution in [3.63, 3.8) is 0 Å². The van der Waals surface area contributed by atoms with Crippen LogP contribution < -0.4 is 10.1 Å². The van der Waals surface area contributed by atoms with Crippen LogP contribution in [0.5, 0.6) is 5.75 Å². The van der Waals surface area contributed by atoms with Gasteiger partial charge in [0.05, 0.1) is 12.0 Å². The fourth-order valence-corrected chi connectivity index (χ4v) is 3.65. The number of hydrogen-bond donors (Lipinski definition) is 1. The number of rotatable bonds is 7.